The average molecular weight is 311 g/mol. The van der Waals surface area contributed by atoms with Gasteiger partial charge >= 0.3 is 0 Å². The second-order valence-corrected chi connectivity index (χ2v) is 8.15. The van der Waals surface area contributed by atoms with Gasteiger partial charge < -0.3 is 10.1 Å². The topological polar surface area (TPSA) is 55.4 Å². The normalized spacial score (nSPS) is 18.6. The van der Waals surface area contributed by atoms with Crippen LogP contribution in [0.2, 0.25) is 0 Å². The lowest BCUT2D eigenvalue weighted by Gasteiger charge is -2.25. The van der Waals surface area contributed by atoms with Gasteiger partial charge in [-0.1, -0.05) is 18.2 Å². The highest BCUT2D eigenvalue weighted by molar-refractivity contribution is 7.92. The van der Waals surface area contributed by atoms with Crippen molar-refractivity contribution in [1.82, 2.24) is 5.32 Å². The van der Waals surface area contributed by atoms with Crippen molar-refractivity contribution in [2.75, 3.05) is 26.0 Å². The van der Waals surface area contributed by atoms with E-state index < -0.39 is 9.84 Å². The minimum Gasteiger partial charge on any atom is -0.381 e. The third-order valence-corrected chi connectivity index (χ3v) is 6.64. The van der Waals surface area contributed by atoms with Crippen molar-refractivity contribution < 1.29 is 13.2 Å². The Bertz CT molecular complexity index is 577. The van der Waals surface area contributed by atoms with E-state index >= 15 is 0 Å². The number of nitrogens with one attached hydrogen (secondary N) is 1. The minimum absolute atomic E-state index is 0.149. The highest BCUT2D eigenvalue weighted by Crippen LogP contribution is 2.23. The van der Waals surface area contributed by atoms with Gasteiger partial charge in [0.05, 0.1) is 11.0 Å². The largest absolute Gasteiger partial charge is 0.381 e. The molecule has 21 heavy (non-hydrogen) atoms. The molecule has 0 aliphatic carbocycles. The molecule has 5 heteroatoms. The van der Waals surface area contributed by atoms with Crippen molar-refractivity contribution in [2.24, 2.45) is 0 Å². The molecule has 0 saturated carbocycles. The second-order valence-electron chi connectivity index (χ2n) is 5.83. The van der Waals surface area contributed by atoms with E-state index in [4.69, 9.17) is 4.74 Å². The highest BCUT2D eigenvalue weighted by Gasteiger charge is 2.30. The molecular formula is C16H25NO3S. The molecule has 1 fully saturated rings. The molecule has 0 aromatic heterocycles. The molecule has 1 N–H and O–H groups in total. The molecule has 1 atom stereocenters. The lowest BCUT2D eigenvalue weighted by Crippen LogP contribution is -2.35. The third-order valence-electron chi connectivity index (χ3n) is 4.36. The van der Waals surface area contributed by atoms with Gasteiger partial charge in [0, 0.05) is 19.3 Å². The van der Waals surface area contributed by atoms with Crippen LogP contribution in [0.25, 0.3) is 0 Å². The number of hydrogen-bond donors (Lipinski definition) is 1. The van der Waals surface area contributed by atoms with E-state index in [0.717, 1.165) is 5.56 Å². The van der Waals surface area contributed by atoms with Crippen LogP contribution in [0, 0.1) is 13.8 Å². The number of aryl methyl sites for hydroxylation is 2. The summed E-state index contributed by atoms with van der Waals surface area (Å²) in [6.07, 6.45) is 1.23. The van der Waals surface area contributed by atoms with Gasteiger partial charge in [0.1, 0.15) is 0 Å². The van der Waals surface area contributed by atoms with E-state index in [1.54, 1.807) is 0 Å². The Morgan fingerprint density at radius 1 is 1.24 bits per heavy atom. The molecular weight excluding hydrogens is 286 g/mol. The van der Waals surface area contributed by atoms with E-state index in [9.17, 15) is 8.42 Å². The fourth-order valence-electron chi connectivity index (χ4n) is 2.73. The predicted molar refractivity (Wildman–Crippen MR) is 85.3 cm³/mol. The zero-order valence-corrected chi connectivity index (χ0v) is 13.9. The summed E-state index contributed by atoms with van der Waals surface area (Å²) < 4.78 is 30.4. The van der Waals surface area contributed by atoms with Gasteiger partial charge in [-0.15, -0.1) is 0 Å². The molecule has 1 aromatic carbocycles. The molecule has 4 nitrogen and oxygen atoms in total. The molecule has 118 valence electrons. The highest BCUT2D eigenvalue weighted by atomic mass is 32.2. The number of ether oxygens (including phenoxy) is 1. The number of hydrogen-bond acceptors (Lipinski definition) is 4. The summed E-state index contributed by atoms with van der Waals surface area (Å²) >= 11 is 0. The first-order valence-corrected chi connectivity index (χ1v) is 9.19. The summed E-state index contributed by atoms with van der Waals surface area (Å²) in [5, 5.41) is 2.89. The van der Waals surface area contributed by atoms with Gasteiger partial charge in [0.2, 0.25) is 0 Å². The van der Waals surface area contributed by atoms with Gasteiger partial charge in [-0.3, -0.25) is 0 Å². The van der Waals surface area contributed by atoms with Gasteiger partial charge in [0.15, 0.2) is 9.84 Å². The van der Waals surface area contributed by atoms with Crippen molar-refractivity contribution in [3.05, 3.63) is 34.9 Å². The smallest absolute Gasteiger partial charge is 0.155 e. The standard InChI is InChI=1S/C16H25NO3S/c1-12-4-5-14(10-13(12)2)16(17-3)11-21(18,19)15-6-8-20-9-7-15/h4-5,10,15-17H,6-9,11H2,1-3H3. The second kappa shape index (κ2) is 6.90. The molecule has 0 radical (unpaired) electrons. The van der Waals surface area contributed by atoms with E-state index in [0.29, 0.717) is 26.1 Å². The Labute approximate surface area is 127 Å². The Morgan fingerprint density at radius 2 is 1.90 bits per heavy atom. The van der Waals surface area contributed by atoms with Gasteiger partial charge in [0.25, 0.3) is 0 Å². The SMILES string of the molecule is CNC(CS(=O)(=O)C1CCOCC1)c1ccc(C)c(C)c1. The summed E-state index contributed by atoms with van der Waals surface area (Å²) in [4.78, 5) is 0. The molecule has 1 unspecified atom stereocenters. The Balaban J connectivity index is 2.15. The van der Waals surface area contributed by atoms with Crippen molar-refractivity contribution in [3.8, 4) is 0 Å². The van der Waals surface area contributed by atoms with Crippen molar-refractivity contribution in [2.45, 2.75) is 38.0 Å². The molecule has 0 amide bonds. The number of sulfone groups is 1. The molecule has 0 spiro atoms. The van der Waals surface area contributed by atoms with Gasteiger partial charge in [-0.2, -0.15) is 0 Å². The Hall–Kier alpha value is -0.910. The van der Waals surface area contributed by atoms with Crippen molar-refractivity contribution in [3.63, 3.8) is 0 Å². The van der Waals surface area contributed by atoms with E-state index in [1.165, 1.54) is 11.1 Å². The summed E-state index contributed by atoms with van der Waals surface area (Å²) in [7, 11) is -1.29. The predicted octanol–water partition coefficient (Wildman–Crippen LogP) is 2.16. The summed E-state index contributed by atoms with van der Waals surface area (Å²) in [6.45, 7) is 5.22. The van der Waals surface area contributed by atoms with Gasteiger partial charge in [-0.25, -0.2) is 8.42 Å². The van der Waals surface area contributed by atoms with Crippen LogP contribution >= 0.6 is 0 Å². The third kappa shape index (κ3) is 4.05. The quantitative estimate of drug-likeness (QED) is 0.905. The molecule has 1 aromatic rings. The van der Waals surface area contributed by atoms with E-state index in [-0.39, 0.29) is 17.0 Å². The Morgan fingerprint density at radius 3 is 2.48 bits per heavy atom. The fourth-order valence-corrected chi connectivity index (χ4v) is 4.74. The number of rotatable bonds is 5. The van der Waals surface area contributed by atoms with Crippen LogP contribution in [-0.2, 0) is 14.6 Å². The monoisotopic (exact) mass is 311 g/mol. The van der Waals surface area contributed by atoms with Crippen LogP contribution in [-0.4, -0.2) is 39.7 Å². The van der Waals surface area contributed by atoms with Crippen LogP contribution in [0.1, 0.15) is 35.6 Å². The maximum Gasteiger partial charge on any atom is 0.155 e. The molecule has 1 aliphatic heterocycles. The summed E-state index contributed by atoms with van der Waals surface area (Å²) in [5.74, 6) is 0.149. The maximum absolute atomic E-state index is 12.6. The van der Waals surface area contributed by atoms with Crippen LogP contribution in [0.4, 0.5) is 0 Å². The maximum atomic E-state index is 12.6. The minimum atomic E-state index is -3.11. The molecule has 2 rings (SSSR count). The number of benzene rings is 1. The molecule has 1 aliphatic rings. The van der Waals surface area contributed by atoms with E-state index in [1.807, 2.05) is 13.1 Å². The summed E-state index contributed by atoms with van der Waals surface area (Å²) in [5.41, 5.74) is 3.45. The van der Waals surface area contributed by atoms with Crippen LogP contribution in [0.3, 0.4) is 0 Å². The lowest BCUT2D eigenvalue weighted by molar-refractivity contribution is 0.0983. The van der Waals surface area contributed by atoms with Crippen LogP contribution in [0.5, 0.6) is 0 Å². The zero-order valence-electron chi connectivity index (χ0n) is 13.1. The molecule has 1 heterocycles. The Kier molecular flexibility index (Phi) is 5.41. The molecule has 1 saturated heterocycles. The van der Waals surface area contributed by atoms with Crippen LogP contribution in [0.15, 0.2) is 18.2 Å². The first kappa shape index (κ1) is 16.5. The van der Waals surface area contributed by atoms with E-state index in [2.05, 4.69) is 31.3 Å². The average Bonchev–Trinajstić information content (AvgIpc) is 2.49. The first-order valence-electron chi connectivity index (χ1n) is 7.48. The van der Waals surface area contributed by atoms with Crippen molar-refractivity contribution in [1.29, 1.82) is 0 Å². The first-order chi connectivity index (χ1) is 9.94. The molecule has 0 bridgehead atoms. The van der Waals surface area contributed by atoms with Crippen LogP contribution < -0.4 is 5.32 Å². The zero-order chi connectivity index (χ0) is 15.5. The summed E-state index contributed by atoms with van der Waals surface area (Å²) in [6, 6.07) is 5.99. The lowest BCUT2D eigenvalue weighted by atomic mass is 10.0. The van der Waals surface area contributed by atoms with Gasteiger partial charge in [-0.05, 0) is 50.4 Å². The van der Waals surface area contributed by atoms with Crippen molar-refractivity contribution >= 4 is 9.84 Å². The fraction of sp³-hybridized carbons (Fsp3) is 0.625.